The maximum atomic E-state index is 2.38. The van der Waals surface area contributed by atoms with E-state index in [1.165, 1.54) is 32.6 Å². The average Bonchev–Trinajstić information content (AvgIpc) is 2.71. The van der Waals surface area contributed by atoms with Crippen molar-refractivity contribution in [2.75, 3.05) is 0 Å². The van der Waals surface area contributed by atoms with Crippen LogP contribution in [0.25, 0.3) is 32.6 Å². The van der Waals surface area contributed by atoms with Gasteiger partial charge in [-0.25, -0.2) is 0 Å². The maximum Gasteiger partial charge on any atom is 0.0646 e. The van der Waals surface area contributed by atoms with E-state index >= 15 is 0 Å². The summed E-state index contributed by atoms with van der Waals surface area (Å²) >= 11 is 2.38. The lowest BCUT2D eigenvalue weighted by molar-refractivity contribution is 1.50. The molecule has 0 N–H and O–H groups in total. The molecule has 0 spiro atoms. The molecule has 0 saturated carbocycles. The van der Waals surface area contributed by atoms with E-state index in [4.69, 9.17) is 0 Å². The topological polar surface area (TPSA) is 4.93 Å². The van der Waals surface area contributed by atoms with Crippen molar-refractivity contribution in [2.45, 2.75) is 0 Å². The molecule has 0 saturated heterocycles. The van der Waals surface area contributed by atoms with Crippen LogP contribution >= 0.6 is 22.9 Å². The van der Waals surface area contributed by atoms with Gasteiger partial charge in [0.1, 0.15) is 0 Å². The summed E-state index contributed by atoms with van der Waals surface area (Å²) in [6, 6.07) is 21.7. The van der Waals surface area contributed by atoms with Gasteiger partial charge in [-0.3, -0.25) is 2.78 Å². The van der Waals surface area contributed by atoms with Crippen molar-refractivity contribution in [3.8, 4) is 0 Å². The van der Waals surface area contributed by atoms with Gasteiger partial charge in [0.05, 0.1) is 33.9 Å². The second-order valence-electron chi connectivity index (χ2n) is 4.51. The molecule has 0 aliphatic heterocycles. The molecule has 4 aromatic rings. The summed E-state index contributed by atoms with van der Waals surface area (Å²) in [6.45, 7) is 0. The van der Waals surface area contributed by atoms with Gasteiger partial charge in [-0.15, -0.1) is 0 Å². The van der Waals surface area contributed by atoms with Crippen LogP contribution in [0.3, 0.4) is 0 Å². The van der Waals surface area contributed by atoms with Crippen molar-refractivity contribution < 1.29 is 0 Å². The third-order valence-electron chi connectivity index (χ3n) is 3.48. The Bertz CT molecular complexity index is 889. The Hall–Kier alpha value is -1.55. The minimum absolute atomic E-state index is 1.28. The van der Waals surface area contributed by atoms with Crippen molar-refractivity contribution in [3.63, 3.8) is 0 Å². The summed E-state index contributed by atoms with van der Waals surface area (Å²) in [7, 11) is 0. The summed E-state index contributed by atoms with van der Waals surface area (Å²) in [5.74, 6) is 0. The van der Waals surface area contributed by atoms with Crippen LogP contribution < -0.4 is 0 Å². The second kappa shape index (κ2) is 3.72. The highest BCUT2D eigenvalue weighted by molar-refractivity contribution is 14.1. The molecule has 4 rings (SSSR count). The van der Waals surface area contributed by atoms with Crippen LogP contribution in [0.5, 0.6) is 0 Å². The molecule has 1 nitrogen and oxygen atoms in total. The lowest BCUT2D eigenvalue weighted by Gasteiger charge is -1.99. The number of aromatic nitrogens is 1. The first-order chi connectivity index (χ1) is 8.84. The molecule has 3 aromatic carbocycles. The van der Waals surface area contributed by atoms with Gasteiger partial charge in [0, 0.05) is 10.8 Å². The van der Waals surface area contributed by atoms with Crippen LogP contribution in [-0.2, 0) is 0 Å². The third kappa shape index (κ3) is 1.32. The van der Waals surface area contributed by atoms with E-state index in [0.717, 1.165) is 0 Å². The molecule has 0 unspecified atom stereocenters. The molecule has 0 radical (unpaired) electrons. The normalized spacial score (nSPS) is 11.6. The molecule has 86 valence electrons. The molecule has 1 heterocycles. The first-order valence-corrected chi connectivity index (χ1v) is 6.89. The summed E-state index contributed by atoms with van der Waals surface area (Å²) in [6.07, 6.45) is 0. The van der Waals surface area contributed by atoms with Crippen molar-refractivity contribution in [1.82, 2.24) is 2.78 Å². The average molecular weight is 343 g/mol. The number of fused-ring (bicyclic) bond motifs is 4. The standard InChI is InChI=1S/C16H10IN/c17-18-15-8-4-3-7-13(15)14-9-11-5-1-2-6-12(11)10-16(14)18/h1-10H. The van der Waals surface area contributed by atoms with Crippen molar-refractivity contribution in [1.29, 1.82) is 0 Å². The Morgan fingerprint density at radius 3 is 2.17 bits per heavy atom. The second-order valence-corrected chi connectivity index (χ2v) is 5.48. The Morgan fingerprint density at radius 2 is 1.33 bits per heavy atom. The number of hydrogen-bond donors (Lipinski definition) is 0. The van der Waals surface area contributed by atoms with Crippen LogP contribution in [0.15, 0.2) is 60.7 Å². The van der Waals surface area contributed by atoms with Gasteiger partial charge in [0.15, 0.2) is 0 Å². The van der Waals surface area contributed by atoms with E-state index in [2.05, 4.69) is 86.3 Å². The number of para-hydroxylation sites is 1. The Balaban J connectivity index is 2.32. The molecule has 1 aromatic heterocycles. The minimum atomic E-state index is 1.28. The van der Waals surface area contributed by atoms with Gasteiger partial charge in [-0.05, 0) is 29.0 Å². The highest BCUT2D eigenvalue weighted by Crippen LogP contribution is 2.33. The van der Waals surface area contributed by atoms with E-state index in [-0.39, 0.29) is 0 Å². The third-order valence-corrected chi connectivity index (χ3v) is 4.52. The van der Waals surface area contributed by atoms with Gasteiger partial charge < -0.3 is 0 Å². The first kappa shape index (κ1) is 10.4. The predicted octanol–water partition coefficient (Wildman–Crippen LogP) is 5.15. The molecule has 0 fully saturated rings. The highest BCUT2D eigenvalue weighted by Gasteiger charge is 2.09. The maximum absolute atomic E-state index is 2.38. The van der Waals surface area contributed by atoms with Crippen LogP contribution in [0, 0.1) is 0 Å². The van der Waals surface area contributed by atoms with Crippen molar-refractivity contribution >= 4 is 55.4 Å². The zero-order valence-corrected chi connectivity index (χ0v) is 11.8. The molecule has 0 aliphatic rings. The Labute approximate surface area is 119 Å². The van der Waals surface area contributed by atoms with Gasteiger partial charge >= 0.3 is 0 Å². The van der Waals surface area contributed by atoms with Crippen molar-refractivity contribution in [2.24, 2.45) is 0 Å². The smallest absolute Gasteiger partial charge is 0.0646 e. The van der Waals surface area contributed by atoms with E-state index in [1.807, 2.05) is 0 Å². The summed E-state index contributed by atoms with van der Waals surface area (Å²) in [5, 5.41) is 5.26. The first-order valence-electron chi connectivity index (χ1n) is 5.93. The molecule has 18 heavy (non-hydrogen) atoms. The lowest BCUT2D eigenvalue weighted by atomic mass is 10.1. The zero-order valence-electron chi connectivity index (χ0n) is 9.60. The number of nitrogens with zero attached hydrogens (tertiary/aromatic N) is 1. The number of hydrogen-bond acceptors (Lipinski definition) is 0. The molecule has 0 atom stereocenters. The fourth-order valence-corrected chi connectivity index (χ4v) is 3.43. The van der Waals surface area contributed by atoms with E-state index in [1.54, 1.807) is 0 Å². The summed E-state index contributed by atoms with van der Waals surface area (Å²) in [4.78, 5) is 0. The fraction of sp³-hybridized carbons (Fsp3) is 0. The summed E-state index contributed by atoms with van der Waals surface area (Å²) < 4.78 is 2.24. The highest BCUT2D eigenvalue weighted by atomic mass is 127. The molecule has 0 bridgehead atoms. The van der Waals surface area contributed by atoms with Gasteiger partial charge in [-0.2, -0.15) is 0 Å². The van der Waals surface area contributed by atoms with Gasteiger partial charge in [-0.1, -0.05) is 42.5 Å². The molecule has 0 aliphatic carbocycles. The molecular formula is C16H10IN. The van der Waals surface area contributed by atoms with Crippen LogP contribution in [0.2, 0.25) is 0 Å². The quantitative estimate of drug-likeness (QED) is 0.389. The van der Waals surface area contributed by atoms with Crippen LogP contribution in [0.1, 0.15) is 0 Å². The molecule has 2 heteroatoms. The molecule has 0 amide bonds. The van der Waals surface area contributed by atoms with Crippen LogP contribution in [-0.4, -0.2) is 2.78 Å². The predicted molar refractivity (Wildman–Crippen MR) is 86.4 cm³/mol. The monoisotopic (exact) mass is 343 g/mol. The van der Waals surface area contributed by atoms with Gasteiger partial charge in [0.2, 0.25) is 0 Å². The number of halogens is 1. The number of rotatable bonds is 0. The Kier molecular flexibility index (Phi) is 2.14. The van der Waals surface area contributed by atoms with Crippen molar-refractivity contribution in [3.05, 3.63) is 60.7 Å². The van der Waals surface area contributed by atoms with Crippen LogP contribution in [0.4, 0.5) is 0 Å². The van der Waals surface area contributed by atoms with Gasteiger partial charge in [0.25, 0.3) is 0 Å². The minimum Gasteiger partial charge on any atom is -0.282 e. The van der Waals surface area contributed by atoms with E-state index in [9.17, 15) is 0 Å². The number of benzene rings is 3. The zero-order chi connectivity index (χ0) is 12.1. The lowest BCUT2D eigenvalue weighted by Crippen LogP contribution is -1.78. The van der Waals surface area contributed by atoms with E-state index < -0.39 is 0 Å². The largest absolute Gasteiger partial charge is 0.282 e. The molecular weight excluding hydrogens is 333 g/mol. The van der Waals surface area contributed by atoms with E-state index in [0.29, 0.717) is 0 Å². The summed E-state index contributed by atoms with van der Waals surface area (Å²) in [5.41, 5.74) is 2.57. The fourth-order valence-electron chi connectivity index (χ4n) is 2.61. The SMILES string of the molecule is In1c2ccccc2c2cc3ccccc3cc21. The Morgan fingerprint density at radius 1 is 0.667 bits per heavy atom.